The minimum atomic E-state index is -1.21. The molecule has 3 amide bonds. The van der Waals surface area contributed by atoms with Gasteiger partial charge in [0, 0.05) is 13.1 Å². The van der Waals surface area contributed by atoms with Crippen molar-refractivity contribution in [3.63, 3.8) is 0 Å². The molecule has 0 atom stereocenters. The van der Waals surface area contributed by atoms with E-state index >= 15 is 0 Å². The van der Waals surface area contributed by atoms with Crippen molar-refractivity contribution in [1.82, 2.24) is 9.80 Å². The van der Waals surface area contributed by atoms with Gasteiger partial charge in [-0.1, -0.05) is 0 Å². The highest BCUT2D eigenvalue weighted by Gasteiger charge is 2.32. The third kappa shape index (κ3) is 4.74. The zero-order valence-electron chi connectivity index (χ0n) is 10.8. The van der Waals surface area contributed by atoms with Crippen molar-refractivity contribution in [2.24, 2.45) is 5.73 Å². The predicted octanol–water partition coefficient (Wildman–Crippen LogP) is -1.17. The summed E-state index contributed by atoms with van der Waals surface area (Å²) in [6.45, 7) is 1.32. The molecule has 0 bridgehead atoms. The molecular formula is C11H19N3O5. The number of piperidine rings is 1. The van der Waals surface area contributed by atoms with Crippen molar-refractivity contribution in [3.05, 3.63) is 0 Å². The maximum Gasteiger partial charge on any atom is 0.323 e. The van der Waals surface area contributed by atoms with Crippen molar-refractivity contribution >= 4 is 17.9 Å². The molecule has 1 fully saturated rings. The second kappa shape index (κ2) is 5.87. The van der Waals surface area contributed by atoms with Crippen molar-refractivity contribution in [3.8, 4) is 0 Å². The van der Waals surface area contributed by atoms with Gasteiger partial charge in [0.15, 0.2) is 0 Å². The van der Waals surface area contributed by atoms with Gasteiger partial charge in [-0.05, 0) is 19.8 Å². The summed E-state index contributed by atoms with van der Waals surface area (Å²) >= 11 is 0. The summed E-state index contributed by atoms with van der Waals surface area (Å²) in [4.78, 5) is 35.9. The Morgan fingerprint density at radius 2 is 1.79 bits per heavy atom. The Bertz CT molecular complexity index is 357. The molecule has 108 valence electrons. The van der Waals surface area contributed by atoms with E-state index in [4.69, 9.17) is 10.8 Å². The summed E-state index contributed by atoms with van der Waals surface area (Å²) in [5.74, 6) is -1.97. The molecule has 1 rings (SSSR count). The molecule has 0 aromatic carbocycles. The summed E-state index contributed by atoms with van der Waals surface area (Å²) in [5, 5.41) is 18.5. The summed E-state index contributed by atoms with van der Waals surface area (Å²) in [5.41, 5.74) is 4.19. The highest BCUT2D eigenvalue weighted by atomic mass is 16.4. The minimum absolute atomic E-state index is 0.320. The Morgan fingerprint density at radius 1 is 1.26 bits per heavy atom. The number of hydrogen-bond donors (Lipinski definition) is 3. The van der Waals surface area contributed by atoms with Crippen LogP contribution in [0.15, 0.2) is 0 Å². The molecular weight excluding hydrogens is 254 g/mol. The number of aliphatic hydroxyl groups is 1. The summed E-state index contributed by atoms with van der Waals surface area (Å²) in [6, 6.07) is -0.545. The normalized spacial score (nSPS) is 17.9. The lowest BCUT2D eigenvalue weighted by Crippen LogP contribution is -2.52. The SMILES string of the molecule is CC1(O)CCN(C(=O)N(CC(N)=O)CC(=O)O)CC1. The standard InChI is InChI=1S/C11H19N3O5/c1-11(19)2-4-13(5-3-11)10(18)14(6-8(12)15)7-9(16)17/h19H,2-7H2,1H3,(H2,12,15)(H,16,17). The van der Waals surface area contributed by atoms with Gasteiger partial charge in [-0.3, -0.25) is 9.59 Å². The maximum atomic E-state index is 12.1. The van der Waals surface area contributed by atoms with Crippen LogP contribution in [-0.4, -0.2) is 69.7 Å². The van der Waals surface area contributed by atoms with Gasteiger partial charge in [-0.2, -0.15) is 0 Å². The highest BCUT2D eigenvalue weighted by molar-refractivity contribution is 5.86. The van der Waals surface area contributed by atoms with E-state index in [-0.39, 0.29) is 0 Å². The van der Waals surface area contributed by atoms with E-state index in [9.17, 15) is 19.5 Å². The van der Waals surface area contributed by atoms with Gasteiger partial charge in [0.25, 0.3) is 0 Å². The molecule has 8 nitrogen and oxygen atoms in total. The van der Waals surface area contributed by atoms with Gasteiger partial charge in [-0.15, -0.1) is 0 Å². The van der Waals surface area contributed by atoms with Gasteiger partial charge in [0.1, 0.15) is 13.1 Å². The monoisotopic (exact) mass is 273 g/mol. The van der Waals surface area contributed by atoms with Crippen molar-refractivity contribution < 1.29 is 24.6 Å². The molecule has 0 saturated carbocycles. The molecule has 0 aromatic heterocycles. The number of likely N-dealkylation sites (tertiary alicyclic amines) is 1. The molecule has 0 spiro atoms. The number of carbonyl (C=O) groups excluding carboxylic acids is 2. The summed E-state index contributed by atoms with van der Waals surface area (Å²) in [6.07, 6.45) is 0.826. The smallest absolute Gasteiger partial charge is 0.323 e. The van der Waals surface area contributed by atoms with Crippen molar-refractivity contribution in [1.29, 1.82) is 0 Å². The second-order valence-electron chi connectivity index (χ2n) is 4.98. The Labute approximate surface area is 110 Å². The predicted molar refractivity (Wildman–Crippen MR) is 65.2 cm³/mol. The average molecular weight is 273 g/mol. The number of carboxylic acid groups (broad SMARTS) is 1. The third-order valence-electron chi connectivity index (χ3n) is 3.05. The number of amides is 3. The largest absolute Gasteiger partial charge is 0.480 e. The first-order valence-electron chi connectivity index (χ1n) is 5.97. The molecule has 1 aliphatic heterocycles. The number of nitrogens with zero attached hydrogens (tertiary/aromatic N) is 2. The second-order valence-corrected chi connectivity index (χ2v) is 4.98. The number of aliphatic carboxylic acids is 1. The van der Waals surface area contributed by atoms with E-state index in [1.165, 1.54) is 4.90 Å². The van der Waals surface area contributed by atoms with Gasteiger partial charge >= 0.3 is 12.0 Å². The molecule has 0 aliphatic carbocycles. The van der Waals surface area contributed by atoms with Crippen LogP contribution in [0.25, 0.3) is 0 Å². The number of rotatable bonds is 4. The highest BCUT2D eigenvalue weighted by Crippen LogP contribution is 2.21. The first kappa shape index (κ1) is 15.2. The van der Waals surface area contributed by atoms with Crippen LogP contribution in [0.5, 0.6) is 0 Å². The lowest BCUT2D eigenvalue weighted by atomic mass is 9.94. The van der Waals surface area contributed by atoms with Crippen LogP contribution in [-0.2, 0) is 9.59 Å². The fourth-order valence-corrected chi connectivity index (χ4v) is 1.92. The Kier molecular flexibility index (Phi) is 4.71. The Hall–Kier alpha value is -1.83. The number of nitrogens with two attached hydrogens (primary N) is 1. The van der Waals surface area contributed by atoms with Crippen LogP contribution < -0.4 is 5.73 Å². The first-order valence-corrected chi connectivity index (χ1v) is 5.97. The van der Waals surface area contributed by atoms with Gasteiger partial charge < -0.3 is 25.7 Å². The molecule has 19 heavy (non-hydrogen) atoms. The number of primary amides is 1. The zero-order chi connectivity index (χ0) is 14.6. The Balaban J connectivity index is 2.66. The summed E-state index contributed by atoms with van der Waals surface area (Å²) < 4.78 is 0. The quantitative estimate of drug-likeness (QED) is 0.595. The minimum Gasteiger partial charge on any atom is -0.480 e. The number of carboxylic acids is 1. The number of hydrogen-bond acceptors (Lipinski definition) is 4. The van der Waals surface area contributed by atoms with Crippen LogP contribution in [0.4, 0.5) is 4.79 Å². The van der Waals surface area contributed by atoms with Gasteiger partial charge in [-0.25, -0.2) is 4.79 Å². The zero-order valence-corrected chi connectivity index (χ0v) is 10.8. The fraction of sp³-hybridized carbons (Fsp3) is 0.727. The molecule has 1 saturated heterocycles. The lowest BCUT2D eigenvalue weighted by molar-refractivity contribution is -0.138. The fourth-order valence-electron chi connectivity index (χ4n) is 1.92. The molecule has 1 aliphatic rings. The van der Waals surface area contributed by atoms with Crippen molar-refractivity contribution in [2.45, 2.75) is 25.4 Å². The summed E-state index contributed by atoms with van der Waals surface area (Å²) in [7, 11) is 0. The van der Waals surface area contributed by atoms with E-state index in [0.717, 1.165) is 4.90 Å². The Morgan fingerprint density at radius 3 is 2.21 bits per heavy atom. The topological polar surface area (TPSA) is 124 Å². The van der Waals surface area contributed by atoms with E-state index < -0.39 is 36.6 Å². The molecule has 0 aromatic rings. The number of urea groups is 1. The van der Waals surface area contributed by atoms with Crippen LogP contribution in [0.3, 0.4) is 0 Å². The van der Waals surface area contributed by atoms with Crippen LogP contribution in [0, 0.1) is 0 Å². The van der Waals surface area contributed by atoms with E-state index in [1.54, 1.807) is 6.92 Å². The third-order valence-corrected chi connectivity index (χ3v) is 3.05. The molecule has 1 heterocycles. The molecule has 0 unspecified atom stereocenters. The molecule has 0 radical (unpaired) electrons. The van der Waals surface area contributed by atoms with Crippen molar-refractivity contribution in [2.75, 3.05) is 26.2 Å². The van der Waals surface area contributed by atoms with Crippen LogP contribution in [0.2, 0.25) is 0 Å². The molecule has 8 heteroatoms. The average Bonchev–Trinajstić information content (AvgIpc) is 2.26. The lowest BCUT2D eigenvalue weighted by Gasteiger charge is -2.37. The number of carbonyl (C=O) groups is 3. The molecule has 4 N–H and O–H groups in total. The first-order chi connectivity index (χ1) is 8.71. The van der Waals surface area contributed by atoms with Crippen LogP contribution in [0.1, 0.15) is 19.8 Å². The van der Waals surface area contributed by atoms with E-state index in [2.05, 4.69) is 0 Å². The van der Waals surface area contributed by atoms with Gasteiger partial charge in [0.2, 0.25) is 5.91 Å². The van der Waals surface area contributed by atoms with Gasteiger partial charge in [0.05, 0.1) is 5.60 Å². The van der Waals surface area contributed by atoms with Crippen LogP contribution >= 0.6 is 0 Å². The van der Waals surface area contributed by atoms with E-state index in [0.29, 0.717) is 25.9 Å². The van der Waals surface area contributed by atoms with E-state index in [1.807, 2.05) is 0 Å². The maximum absolute atomic E-state index is 12.1.